The Morgan fingerprint density at radius 3 is 3.12 bits per heavy atom. The number of thiazole rings is 1. The first-order valence-electron chi connectivity index (χ1n) is 4.83. The second-order valence-electron chi connectivity index (χ2n) is 3.42. The fraction of sp³-hybridized carbons (Fsp3) is 0.300. The number of hydrogen-bond donors (Lipinski definition) is 3. The van der Waals surface area contributed by atoms with Crippen molar-refractivity contribution in [2.45, 2.75) is 6.10 Å². The Kier molecular flexibility index (Phi) is 3.48. The van der Waals surface area contributed by atoms with E-state index in [2.05, 4.69) is 10.3 Å². The Bertz CT molecular complexity index is 488. The lowest BCUT2D eigenvalue weighted by Gasteiger charge is -2.09. The van der Waals surface area contributed by atoms with Gasteiger partial charge in [-0.1, -0.05) is 11.3 Å². The number of alkyl halides is 1. The molecule has 0 aliphatic heterocycles. The number of aliphatic hydroxyl groups excluding tert-OH is 1. The average molecular weight is 258 g/mol. The number of fused-ring (bicyclic) bond motifs is 1. The Labute approximate surface area is 102 Å². The van der Waals surface area contributed by atoms with Gasteiger partial charge in [0.05, 0.1) is 22.2 Å². The molecule has 16 heavy (non-hydrogen) atoms. The molecule has 4 nitrogen and oxygen atoms in total. The van der Waals surface area contributed by atoms with Gasteiger partial charge in [-0.15, -0.1) is 11.6 Å². The number of anilines is 2. The number of nitrogens with one attached hydrogen (secondary N) is 1. The number of nitrogens with zero attached hydrogens (tertiary/aromatic N) is 1. The molecule has 0 aliphatic rings. The molecule has 0 saturated heterocycles. The van der Waals surface area contributed by atoms with Crippen molar-refractivity contribution in [3.63, 3.8) is 0 Å². The van der Waals surface area contributed by atoms with Crippen molar-refractivity contribution in [2.75, 3.05) is 23.5 Å². The number of benzene rings is 1. The van der Waals surface area contributed by atoms with E-state index in [1.165, 1.54) is 11.3 Å². The lowest BCUT2D eigenvalue weighted by molar-refractivity contribution is 0.211. The van der Waals surface area contributed by atoms with Crippen molar-refractivity contribution in [3.8, 4) is 0 Å². The maximum absolute atomic E-state index is 9.31. The van der Waals surface area contributed by atoms with Gasteiger partial charge < -0.3 is 16.2 Å². The van der Waals surface area contributed by atoms with Gasteiger partial charge in [0.15, 0.2) is 5.13 Å². The molecule has 1 aromatic carbocycles. The molecule has 1 heterocycles. The molecule has 2 aromatic rings. The summed E-state index contributed by atoms with van der Waals surface area (Å²) in [7, 11) is 0. The van der Waals surface area contributed by atoms with E-state index >= 15 is 0 Å². The number of aliphatic hydroxyl groups is 1. The SMILES string of the molecule is Nc1nc2cc(NCC(O)CCl)ccc2s1. The van der Waals surface area contributed by atoms with Gasteiger partial charge in [0.25, 0.3) is 0 Å². The molecule has 0 saturated carbocycles. The molecule has 2 rings (SSSR count). The van der Waals surface area contributed by atoms with Gasteiger partial charge in [-0.3, -0.25) is 0 Å². The Morgan fingerprint density at radius 2 is 2.38 bits per heavy atom. The molecule has 6 heteroatoms. The topological polar surface area (TPSA) is 71.2 Å². The minimum atomic E-state index is -0.544. The van der Waals surface area contributed by atoms with E-state index in [0.29, 0.717) is 11.7 Å². The van der Waals surface area contributed by atoms with Crippen LogP contribution in [-0.4, -0.2) is 28.6 Å². The summed E-state index contributed by atoms with van der Waals surface area (Å²) < 4.78 is 1.06. The summed E-state index contributed by atoms with van der Waals surface area (Å²) in [6.07, 6.45) is -0.544. The molecule has 4 N–H and O–H groups in total. The average Bonchev–Trinajstić information content (AvgIpc) is 2.65. The highest BCUT2D eigenvalue weighted by Gasteiger charge is 2.04. The zero-order valence-corrected chi connectivity index (χ0v) is 10.1. The molecular formula is C10H12ClN3OS. The van der Waals surface area contributed by atoms with Crippen LogP contribution in [0, 0.1) is 0 Å². The van der Waals surface area contributed by atoms with Crippen LogP contribution in [0.25, 0.3) is 10.2 Å². The summed E-state index contributed by atoms with van der Waals surface area (Å²) >= 11 is 6.96. The van der Waals surface area contributed by atoms with Crippen LogP contribution in [-0.2, 0) is 0 Å². The smallest absolute Gasteiger partial charge is 0.181 e. The maximum atomic E-state index is 9.31. The molecule has 0 fully saturated rings. The Balaban J connectivity index is 2.13. The lowest BCUT2D eigenvalue weighted by atomic mass is 10.3. The molecule has 86 valence electrons. The highest BCUT2D eigenvalue weighted by atomic mass is 35.5. The molecule has 0 bridgehead atoms. The maximum Gasteiger partial charge on any atom is 0.181 e. The van der Waals surface area contributed by atoms with Crippen LogP contribution in [0.4, 0.5) is 10.8 Å². The van der Waals surface area contributed by atoms with Crippen molar-refractivity contribution in [1.29, 1.82) is 0 Å². The van der Waals surface area contributed by atoms with Gasteiger partial charge in [0, 0.05) is 12.2 Å². The number of nitrogens with two attached hydrogens (primary N) is 1. The summed E-state index contributed by atoms with van der Waals surface area (Å²) in [6, 6.07) is 5.79. The van der Waals surface area contributed by atoms with Crippen LogP contribution in [0.15, 0.2) is 18.2 Å². The first-order valence-corrected chi connectivity index (χ1v) is 6.18. The fourth-order valence-electron chi connectivity index (χ4n) is 1.35. The van der Waals surface area contributed by atoms with Crippen molar-refractivity contribution >= 4 is 44.0 Å². The minimum absolute atomic E-state index is 0.221. The number of rotatable bonds is 4. The Hall–Kier alpha value is -1.04. The van der Waals surface area contributed by atoms with E-state index in [4.69, 9.17) is 17.3 Å². The van der Waals surface area contributed by atoms with E-state index in [1.807, 2.05) is 18.2 Å². The molecule has 0 radical (unpaired) electrons. The zero-order valence-electron chi connectivity index (χ0n) is 8.48. The zero-order chi connectivity index (χ0) is 11.5. The van der Waals surface area contributed by atoms with E-state index in [0.717, 1.165) is 15.9 Å². The monoisotopic (exact) mass is 257 g/mol. The van der Waals surface area contributed by atoms with Gasteiger partial charge in [0.2, 0.25) is 0 Å². The molecular weight excluding hydrogens is 246 g/mol. The van der Waals surface area contributed by atoms with E-state index in [1.54, 1.807) is 0 Å². The summed E-state index contributed by atoms with van der Waals surface area (Å²) in [5.74, 6) is 0.221. The summed E-state index contributed by atoms with van der Waals surface area (Å²) in [4.78, 5) is 4.19. The highest BCUT2D eigenvalue weighted by Crippen LogP contribution is 2.26. The number of nitrogen functional groups attached to an aromatic ring is 1. The van der Waals surface area contributed by atoms with E-state index in [-0.39, 0.29) is 5.88 Å². The summed E-state index contributed by atoms with van der Waals surface area (Å²) in [5.41, 5.74) is 7.39. The van der Waals surface area contributed by atoms with Gasteiger partial charge in [-0.2, -0.15) is 0 Å². The number of aromatic nitrogens is 1. The quantitative estimate of drug-likeness (QED) is 0.732. The predicted octanol–water partition coefficient (Wildman–Crippen LogP) is 1.89. The second kappa shape index (κ2) is 4.86. The van der Waals surface area contributed by atoms with Gasteiger partial charge in [-0.05, 0) is 18.2 Å². The fourth-order valence-corrected chi connectivity index (χ4v) is 2.17. The van der Waals surface area contributed by atoms with Crippen LogP contribution in [0.5, 0.6) is 0 Å². The van der Waals surface area contributed by atoms with E-state index < -0.39 is 6.10 Å². The first-order chi connectivity index (χ1) is 7.69. The molecule has 1 atom stereocenters. The largest absolute Gasteiger partial charge is 0.390 e. The summed E-state index contributed by atoms with van der Waals surface area (Å²) in [5, 5.41) is 13.0. The molecule has 1 aromatic heterocycles. The third-order valence-corrected chi connectivity index (χ3v) is 3.35. The first kappa shape index (κ1) is 11.4. The van der Waals surface area contributed by atoms with Crippen LogP contribution < -0.4 is 11.1 Å². The molecule has 0 spiro atoms. The third-order valence-electron chi connectivity index (χ3n) is 2.12. The minimum Gasteiger partial charge on any atom is -0.390 e. The number of hydrogen-bond acceptors (Lipinski definition) is 5. The van der Waals surface area contributed by atoms with Crippen LogP contribution in [0.3, 0.4) is 0 Å². The van der Waals surface area contributed by atoms with Crippen molar-refractivity contribution in [1.82, 2.24) is 4.98 Å². The Morgan fingerprint density at radius 1 is 1.56 bits per heavy atom. The highest BCUT2D eigenvalue weighted by molar-refractivity contribution is 7.22. The molecule has 0 amide bonds. The van der Waals surface area contributed by atoms with Crippen molar-refractivity contribution in [2.24, 2.45) is 0 Å². The van der Waals surface area contributed by atoms with Crippen molar-refractivity contribution in [3.05, 3.63) is 18.2 Å². The normalized spacial score (nSPS) is 12.9. The van der Waals surface area contributed by atoms with Crippen LogP contribution in [0.1, 0.15) is 0 Å². The van der Waals surface area contributed by atoms with Gasteiger partial charge >= 0.3 is 0 Å². The van der Waals surface area contributed by atoms with Gasteiger partial charge in [-0.25, -0.2) is 4.98 Å². The van der Waals surface area contributed by atoms with Crippen LogP contribution >= 0.6 is 22.9 Å². The molecule has 0 aliphatic carbocycles. The third kappa shape index (κ3) is 2.55. The van der Waals surface area contributed by atoms with Crippen molar-refractivity contribution < 1.29 is 5.11 Å². The van der Waals surface area contributed by atoms with Gasteiger partial charge in [0.1, 0.15) is 0 Å². The van der Waals surface area contributed by atoms with Crippen LogP contribution in [0.2, 0.25) is 0 Å². The second-order valence-corrected chi connectivity index (χ2v) is 4.79. The number of halogens is 1. The summed E-state index contributed by atoms with van der Waals surface area (Å²) in [6.45, 7) is 0.425. The molecule has 1 unspecified atom stereocenters. The van der Waals surface area contributed by atoms with E-state index in [9.17, 15) is 5.11 Å². The lowest BCUT2D eigenvalue weighted by Crippen LogP contribution is -2.20. The standard InChI is InChI=1S/C10H12ClN3OS/c11-4-7(15)5-13-6-1-2-9-8(3-6)14-10(12)16-9/h1-3,7,13,15H,4-5H2,(H2,12,14). The predicted molar refractivity (Wildman–Crippen MR) is 69.2 cm³/mol.